The van der Waals surface area contributed by atoms with Crippen LogP contribution >= 0.6 is 0 Å². The molecule has 6 heteroatoms. The highest BCUT2D eigenvalue weighted by atomic mass is 16.5. The number of likely N-dealkylation sites (tertiary alicyclic amines) is 1. The quantitative estimate of drug-likeness (QED) is 0.702. The molecule has 3 aliphatic heterocycles. The van der Waals surface area contributed by atoms with Crippen LogP contribution in [0, 0.1) is 11.8 Å². The summed E-state index contributed by atoms with van der Waals surface area (Å²) < 4.78 is 11.3. The normalized spacial score (nSPS) is 33.4. The maximum atomic E-state index is 13.3. The number of carboxylic acid groups (broad SMARTS) is 1. The molecule has 0 radical (unpaired) electrons. The summed E-state index contributed by atoms with van der Waals surface area (Å²) in [5.74, 6) is -2.39. The van der Waals surface area contributed by atoms with Gasteiger partial charge in [0.05, 0.1) is 25.2 Å². The summed E-state index contributed by atoms with van der Waals surface area (Å²) in [4.78, 5) is 26.7. The third-order valence-corrected chi connectivity index (χ3v) is 5.86. The molecule has 6 nitrogen and oxygen atoms in total. The van der Waals surface area contributed by atoms with Gasteiger partial charge in [-0.2, -0.15) is 0 Å². The summed E-state index contributed by atoms with van der Waals surface area (Å²) in [6.45, 7) is 6.27. The van der Waals surface area contributed by atoms with E-state index in [2.05, 4.69) is 6.58 Å². The number of nitrogens with zero attached hydrogens (tertiary/aromatic N) is 1. The summed E-state index contributed by atoms with van der Waals surface area (Å²) in [6, 6.07) is 7.20. The van der Waals surface area contributed by atoms with E-state index in [0.29, 0.717) is 13.0 Å². The van der Waals surface area contributed by atoms with E-state index in [1.807, 2.05) is 37.3 Å². The van der Waals surface area contributed by atoms with E-state index in [-0.39, 0.29) is 11.9 Å². The molecule has 2 saturated heterocycles. The fourth-order valence-corrected chi connectivity index (χ4v) is 4.70. The van der Waals surface area contributed by atoms with E-state index >= 15 is 0 Å². The molecule has 0 aliphatic carbocycles. The first-order chi connectivity index (χ1) is 12.9. The van der Waals surface area contributed by atoms with Crippen molar-refractivity contribution in [2.45, 2.75) is 37.6 Å². The minimum atomic E-state index is -1.23. The molecule has 3 aliphatic rings. The Labute approximate surface area is 158 Å². The highest BCUT2D eigenvalue weighted by molar-refractivity contribution is 5.91. The number of hydrogen-bond acceptors (Lipinski definition) is 5. The molecule has 142 valence electrons. The van der Waals surface area contributed by atoms with Gasteiger partial charge >= 0.3 is 0 Å². The van der Waals surface area contributed by atoms with Crippen LogP contribution in [0.15, 0.2) is 48.6 Å². The first-order valence-corrected chi connectivity index (χ1v) is 9.03. The summed E-state index contributed by atoms with van der Waals surface area (Å²) in [5.41, 5.74) is 0.938. The number of carbonyl (C=O) groups is 2. The van der Waals surface area contributed by atoms with Crippen molar-refractivity contribution in [1.29, 1.82) is 0 Å². The molecule has 1 aromatic rings. The van der Waals surface area contributed by atoms with Gasteiger partial charge in [-0.25, -0.2) is 0 Å². The van der Waals surface area contributed by atoms with Crippen LogP contribution < -0.4 is 9.84 Å². The molecular weight excluding hydrogens is 346 g/mol. The van der Waals surface area contributed by atoms with Crippen LogP contribution in [0.4, 0.5) is 0 Å². The lowest BCUT2D eigenvalue weighted by molar-refractivity contribution is -0.313. The van der Waals surface area contributed by atoms with E-state index in [0.717, 1.165) is 16.9 Å². The number of carbonyl (C=O) groups excluding carboxylic acids is 2. The van der Waals surface area contributed by atoms with Crippen LogP contribution in [0.1, 0.15) is 18.9 Å². The van der Waals surface area contributed by atoms with Gasteiger partial charge in [0, 0.05) is 18.4 Å². The number of rotatable bonds is 6. The standard InChI is InChI=1S/C21H23NO5/c1-12(2)10-16-21-9-8-15(27-21)17(20(24)25)18(21)19(23)22(16)11-13-4-6-14(26-3)7-5-13/h4-9,15-18H,1,10-11H2,2-3H3,(H,24,25)/p-1/t15-,16-,17+,18-,21-/m1/s1. The number of methoxy groups -OCH3 is 1. The fraction of sp³-hybridized carbons (Fsp3) is 0.429. The first kappa shape index (κ1) is 17.8. The van der Waals surface area contributed by atoms with Crippen molar-refractivity contribution in [3.05, 3.63) is 54.1 Å². The molecule has 0 N–H and O–H groups in total. The van der Waals surface area contributed by atoms with Gasteiger partial charge in [0.1, 0.15) is 11.4 Å². The van der Waals surface area contributed by atoms with Gasteiger partial charge in [0.25, 0.3) is 0 Å². The van der Waals surface area contributed by atoms with Crippen LogP contribution in [0.5, 0.6) is 5.75 Å². The van der Waals surface area contributed by atoms with Crippen molar-refractivity contribution in [2.24, 2.45) is 11.8 Å². The van der Waals surface area contributed by atoms with Gasteiger partial charge in [-0.15, -0.1) is 6.58 Å². The largest absolute Gasteiger partial charge is 0.550 e. The molecule has 2 fully saturated rings. The van der Waals surface area contributed by atoms with Crippen LogP contribution in [-0.2, 0) is 20.9 Å². The number of ether oxygens (including phenoxy) is 2. The number of amides is 1. The predicted molar refractivity (Wildman–Crippen MR) is 95.5 cm³/mol. The lowest BCUT2D eigenvalue weighted by atomic mass is 9.74. The van der Waals surface area contributed by atoms with E-state index in [1.165, 1.54) is 0 Å². The number of hydrogen-bond donors (Lipinski definition) is 0. The zero-order chi connectivity index (χ0) is 19.3. The predicted octanol–water partition coefficient (Wildman–Crippen LogP) is 1.06. The van der Waals surface area contributed by atoms with Gasteiger partial charge in [-0.3, -0.25) is 4.79 Å². The van der Waals surface area contributed by atoms with Crippen molar-refractivity contribution in [3.63, 3.8) is 0 Å². The van der Waals surface area contributed by atoms with Crippen LogP contribution in [-0.4, -0.2) is 41.6 Å². The third kappa shape index (κ3) is 2.58. The molecule has 0 saturated carbocycles. The lowest BCUT2D eigenvalue weighted by Gasteiger charge is -2.33. The fourth-order valence-electron chi connectivity index (χ4n) is 4.70. The molecule has 1 aromatic carbocycles. The van der Waals surface area contributed by atoms with Crippen LogP contribution in [0.25, 0.3) is 0 Å². The van der Waals surface area contributed by atoms with Crippen LogP contribution in [0.3, 0.4) is 0 Å². The molecule has 27 heavy (non-hydrogen) atoms. The minimum absolute atomic E-state index is 0.196. The van der Waals surface area contributed by atoms with Gasteiger partial charge in [-0.05, 0) is 31.0 Å². The maximum absolute atomic E-state index is 13.3. The molecule has 5 atom stereocenters. The van der Waals surface area contributed by atoms with Gasteiger partial charge in [0.15, 0.2) is 0 Å². The van der Waals surface area contributed by atoms with Crippen molar-refractivity contribution in [1.82, 2.24) is 4.90 Å². The topological polar surface area (TPSA) is 78.9 Å². The Morgan fingerprint density at radius 3 is 2.67 bits per heavy atom. The van der Waals surface area contributed by atoms with Gasteiger partial charge in [0.2, 0.25) is 5.91 Å². The van der Waals surface area contributed by atoms with E-state index < -0.39 is 29.5 Å². The monoisotopic (exact) mass is 368 g/mol. The second-order valence-electron chi connectivity index (χ2n) is 7.61. The highest BCUT2D eigenvalue weighted by Crippen LogP contribution is 2.56. The maximum Gasteiger partial charge on any atom is 0.230 e. The zero-order valence-electron chi connectivity index (χ0n) is 15.4. The van der Waals surface area contributed by atoms with Crippen LogP contribution in [0.2, 0.25) is 0 Å². The SMILES string of the molecule is C=C(C)C[C@H]1N(Cc2ccc(OC)cc2)C(=O)[C@H]2[C@@H](C(=O)[O-])[C@H]3C=C[C@]21O3. The molecule has 1 amide bonds. The van der Waals surface area contributed by atoms with E-state index in [9.17, 15) is 14.7 Å². The highest BCUT2D eigenvalue weighted by Gasteiger charge is 2.69. The molecule has 1 spiro atoms. The first-order valence-electron chi connectivity index (χ1n) is 9.03. The van der Waals surface area contributed by atoms with Crippen molar-refractivity contribution >= 4 is 11.9 Å². The Morgan fingerprint density at radius 1 is 1.37 bits per heavy atom. The Hall–Kier alpha value is -2.60. The zero-order valence-corrected chi connectivity index (χ0v) is 15.4. The number of carboxylic acids is 1. The number of fused-ring (bicyclic) bond motifs is 1. The molecule has 0 aromatic heterocycles. The number of benzene rings is 1. The summed E-state index contributed by atoms with van der Waals surface area (Å²) in [5, 5.41) is 11.7. The third-order valence-electron chi connectivity index (χ3n) is 5.86. The smallest absolute Gasteiger partial charge is 0.230 e. The Bertz CT molecular complexity index is 829. The average Bonchev–Trinajstić information content (AvgIpc) is 3.27. The van der Waals surface area contributed by atoms with E-state index in [4.69, 9.17) is 9.47 Å². The average molecular weight is 368 g/mol. The molecule has 2 bridgehead atoms. The van der Waals surface area contributed by atoms with Crippen molar-refractivity contribution in [3.8, 4) is 5.75 Å². The Balaban J connectivity index is 1.70. The van der Waals surface area contributed by atoms with Gasteiger partial charge in [-0.1, -0.05) is 29.9 Å². The number of aliphatic carboxylic acids is 1. The van der Waals surface area contributed by atoms with Gasteiger partial charge < -0.3 is 24.3 Å². The molecule has 4 rings (SSSR count). The van der Waals surface area contributed by atoms with E-state index in [1.54, 1.807) is 18.1 Å². The molecule has 0 unspecified atom stereocenters. The molecular formula is C21H22NO5-. The minimum Gasteiger partial charge on any atom is -0.550 e. The molecule has 3 heterocycles. The summed E-state index contributed by atoms with van der Waals surface area (Å²) in [7, 11) is 1.60. The lowest BCUT2D eigenvalue weighted by Crippen LogP contribution is -2.46. The van der Waals surface area contributed by atoms with Crippen molar-refractivity contribution in [2.75, 3.05) is 7.11 Å². The summed E-state index contributed by atoms with van der Waals surface area (Å²) in [6.07, 6.45) is 3.59. The second kappa shape index (κ2) is 6.23. The Kier molecular flexibility index (Phi) is 4.11. The Morgan fingerprint density at radius 2 is 2.07 bits per heavy atom. The van der Waals surface area contributed by atoms with Crippen molar-refractivity contribution < 1.29 is 24.2 Å². The summed E-state index contributed by atoms with van der Waals surface area (Å²) >= 11 is 0. The second-order valence-corrected chi connectivity index (χ2v) is 7.61.